The van der Waals surface area contributed by atoms with Gasteiger partial charge in [0.2, 0.25) is 0 Å². The minimum absolute atomic E-state index is 0.0939. The van der Waals surface area contributed by atoms with E-state index in [1.807, 2.05) is 12.5 Å². The van der Waals surface area contributed by atoms with Crippen LogP contribution in [-0.2, 0) is 11.3 Å². The van der Waals surface area contributed by atoms with Crippen molar-refractivity contribution in [3.05, 3.63) is 29.7 Å². The van der Waals surface area contributed by atoms with Crippen LogP contribution in [0, 0.1) is 5.82 Å². The Morgan fingerprint density at radius 2 is 2.32 bits per heavy atom. The first-order chi connectivity index (χ1) is 9.17. The summed E-state index contributed by atoms with van der Waals surface area (Å²) >= 11 is 1.77. The van der Waals surface area contributed by atoms with Crippen LogP contribution in [0.25, 0.3) is 10.9 Å². The number of hydrogen-bond acceptors (Lipinski definition) is 4. The lowest BCUT2D eigenvalue weighted by atomic mass is 10.1. The maximum absolute atomic E-state index is 13.7. The van der Waals surface area contributed by atoms with Gasteiger partial charge in [0.05, 0.1) is 7.11 Å². The van der Waals surface area contributed by atoms with E-state index in [9.17, 15) is 9.18 Å². The minimum Gasteiger partial charge on any atom is -0.465 e. The molecule has 2 aromatic rings. The van der Waals surface area contributed by atoms with Crippen molar-refractivity contribution in [3.63, 3.8) is 0 Å². The summed E-state index contributed by atoms with van der Waals surface area (Å²) in [6.07, 6.45) is 4.84. The number of aryl methyl sites for hydroxylation is 1. The highest BCUT2D eigenvalue weighted by Crippen LogP contribution is 2.21. The number of carbonyl (C=O) groups is 1. The lowest BCUT2D eigenvalue weighted by Gasteiger charge is -2.01. The van der Waals surface area contributed by atoms with E-state index in [0.717, 1.165) is 24.1 Å². The van der Waals surface area contributed by atoms with Crippen molar-refractivity contribution in [1.29, 1.82) is 0 Å². The Labute approximate surface area is 114 Å². The zero-order valence-corrected chi connectivity index (χ0v) is 11.7. The summed E-state index contributed by atoms with van der Waals surface area (Å²) in [6.45, 7) is 0.748. The molecule has 1 heterocycles. The molecule has 0 atom stereocenters. The van der Waals surface area contributed by atoms with Crippen LogP contribution in [0.15, 0.2) is 18.3 Å². The quantitative estimate of drug-likeness (QED) is 0.625. The van der Waals surface area contributed by atoms with Gasteiger partial charge in [-0.1, -0.05) is 0 Å². The molecule has 0 saturated carbocycles. The topological polar surface area (TPSA) is 44.1 Å². The van der Waals surface area contributed by atoms with Gasteiger partial charge in [0, 0.05) is 18.1 Å². The largest absolute Gasteiger partial charge is 0.465 e. The van der Waals surface area contributed by atoms with Crippen molar-refractivity contribution in [2.45, 2.75) is 13.0 Å². The molecule has 0 aliphatic carbocycles. The molecule has 6 heteroatoms. The molecular formula is C13H15FN2O2S. The molecule has 4 nitrogen and oxygen atoms in total. The number of carbonyl (C=O) groups excluding carboxylic acids is 1. The van der Waals surface area contributed by atoms with Crippen molar-refractivity contribution in [1.82, 2.24) is 9.78 Å². The van der Waals surface area contributed by atoms with E-state index in [1.165, 1.54) is 13.2 Å². The molecule has 0 radical (unpaired) electrons. The van der Waals surface area contributed by atoms with Gasteiger partial charge in [0.1, 0.15) is 16.9 Å². The molecule has 2 rings (SSSR count). The number of benzene rings is 1. The molecule has 0 spiro atoms. The van der Waals surface area contributed by atoms with Crippen LogP contribution in [0.1, 0.15) is 16.8 Å². The Balaban J connectivity index is 2.38. The second kappa shape index (κ2) is 6.06. The average molecular weight is 282 g/mol. The number of esters is 1. The van der Waals surface area contributed by atoms with Crippen LogP contribution in [0.2, 0.25) is 0 Å². The standard InChI is InChI=1S/C13H15FN2O2S/c1-18-13(17)11-10(14)5-4-9-8-16(15-12(9)11)6-3-7-19-2/h4-5,8H,3,6-7H2,1-2H3. The number of ether oxygens (including phenoxy) is 1. The predicted molar refractivity (Wildman–Crippen MR) is 74.0 cm³/mol. The van der Waals surface area contributed by atoms with Gasteiger partial charge in [-0.2, -0.15) is 16.9 Å². The number of fused-ring (bicyclic) bond motifs is 1. The van der Waals surface area contributed by atoms with Gasteiger partial charge in [0.25, 0.3) is 0 Å². The van der Waals surface area contributed by atoms with Crippen molar-refractivity contribution >= 4 is 28.6 Å². The Bertz CT molecular complexity index is 598. The van der Waals surface area contributed by atoms with E-state index in [2.05, 4.69) is 9.84 Å². The summed E-state index contributed by atoms with van der Waals surface area (Å²) < 4.78 is 20.1. The molecule has 0 N–H and O–H groups in total. The van der Waals surface area contributed by atoms with Gasteiger partial charge < -0.3 is 4.74 Å². The fourth-order valence-corrected chi connectivity index (χ4v) is 2.31. The van der Waals surface area contributed by atoms with E-state index >= 15 is 0 Å². The van der Waals surface area contributed by atoms with E-state index in [1.54, 1.807) is 22.5 Å². The molecular weight excluding hydrogens is 267 g/mol. The Morgan fingerprint density at radius 3 is 3.00 bits per heavy atom. The van der Waals surface area contributed by atoms with E-state index in [4.69, 9.17) is 0 Å². The molecule has 0 fully saturated rings. The monoisotopic (exact) mass is 282 g/mol. The number of halogens is 1. The second-order valence-electron chi connectivity index (χ2n) is 4.09. The highest BCUT2D eigenvalue weighted by atomic mass is 32.2. The highest BCUT2D eigenvalue weighted by molar-refractivity contribution is 7.98. The predicted octanol–water partition coefficient (Wildman–Crippen LogP) is 2.72. The number of methoxy groups -OCH3 is 1. The third kappa shape index (κ3) is 2.89. The normalized spacial score (nSPS) is 10.9. The van der Waals surface area contributed by atoms with Gasteiger partial charge in [-0.25, -0.2) is 9.18 Å². The Kier molecular flexibility index (Phi) is 4.42. The first kappa shape index (κ1) is 13.9. The number of aromatic nitrogens is 2. The van der Waals surface area contributed by atoms with Crippen LogP contribution in [0.3, 0.4) is 0 Å². The molecule has 102 valence electrons. The summed E-state index contributed by atoms with van der Waals surface area (Å²) in [7, 11) is 1.23. The third-order valence-corrected chi connectivity index (χ3v) is 3.50. The lowest BCUT2D eigenvalue weighted by Crippen LogP contribution is -2.06. The first-order valence-electron chi connectivity index (χ1n) is 5.90. The van der Waals surface area contributed by atoms with Crippen molar-refractivity contribution in [2.75, 3.05) is 19.1 Å². The fourth-order valence-electron chi connectivity index (χ4n) is 1.89. The average Bonchev–Trinajstić information content (AvgIpc) is 2.81. The lowest BCUT2D eigenvalue weighted by molar-refractivity contribution is 0.0597. The van der Waals surface area contributed by atoms with E-state index in [-0.39, 0.29) is 5.56 Å². The molecule has 0 aliphatic rings. The maximum atomic E-state index is 13.7. The number of rotatable bonds is 5. The van der Waals surface area contributed by atoms with Gasteiger partial charge in [-0.3, -0.25) is 4.68 Å². The van der Waals surface area contributed by atoms with Crippen molar-refractivity contribution < 1.29 is 13.9 Å². The second-order valence-corrected chi connectivity index (χ2v) is 5.08. The van der Waals surface area contributed by atoms with Crippen LogP contribution in [0.4, 0.5) is 4.39 Å². The maximum Gasteiger partial charge on any atom is 0.343 e. The number of thioether (sulfide) groups is 1. The van der Waals surface area contributed by atoms with Crippen LogP contribution < -0.4 is 0 Å². The third-order valence-electron chi connectivity index (χ3n) is 2.80. The summed E-state index contributed by atoms with van der Waals surface area (Å²) in [4.78, 5) is 11.6. The molecule has 0 unspecified atom stereocenters. The van der Waals surface area contributed by atoms with Crippen LogP contribution >= 0.6 is 11.8 Å². The molecule has 0 amide bonds. The Hall–Kier alpha value is -1.56. The molecule has 0 bridgehead atoms. The van der Waals surface area contributed by atoms with E-state index in [0.29, 0.717) is 5.52 Å². The van der Waals surface area contributed by atoms with Crippen LogP contribution in [-0.4, -0.2) is 34.9 Å². The number of hydrogen-bond donors (Lipinski definition) is 0. The molecule has 19 heavy (non-hydrogen) atoms. The van der Waals surface area contributed by atoms with Crippen LogP contribution in [0.5, 0.6) is 0 Å². The van der Waals surface area contributed by atoms with E-state index < -0.39 is 11.8 Å². The summed E-state index contributed by atoms with van der Waals surface area (Å²) in [5.74, 6) is -0.264. The number of nitrogens with zero attached hydrogens (tertiary/aromatic N) is 2. The zero-order chi connectivity index (χ0) is 13.8. The summed E-state index contributed by atoms with van der Waals surface area (Å²) in [6, 6.07) is 2.89. The summed E-state index contributed by atoms with van der Waals surface area (Å²) in [5, 5.41) is 5.02. The molecule has 1 aromatic carbocycles. The summed E-state index contributed by atoms with van der Waals surface area (Å²) in [5.41, 5.74) is 0.264. The van der Waals surface area contributed by atoms with Gasteiger partial charge in [-0.05, 0) is 30.6 Å². The minimum atomic E-state index is -0.697. The van der Waals surface area contributed by atoms with Gasteiger partial charge in [0.15, 0.2) is 0 Å². The zero-order valence-electron chi connectivity index (χ0n) is 10.9. The highest BCUT2D eigenvalue weighted by Gasteiger charge is 2.18. The van der Waals surface area contributed by atoms with Crippen molar-refractivity contribution in [3.8, 4) is 0 Å². The van der Waals surface area contributed by atoms with Gasteiger partial charge >= 0.3 is 5.97 Å². The Morgan fingerprint density at radius 1 is 1.53 bits per heavy atom. The SMILES string of the molecule is COC(=O)c1c(F)ccc2cn(CCCSC)nc12. The molecule has 0 aliphatic heterocycles. The first-order valence-corrected chi connectivity index (χ1v) is 7.29. The molecule has 1 aromatic heterocycles. The van der Waals surface area contributed by atoms with Gasteiger partial charge in [-0.15, -0.1) is 0 Å². The molecule has 0 saturated heterocycles. The smallest absolute Gasteiger partial charge is 0.343 e. The fraction of sp³-hybridized carbons (Fsp3) is 0.385. The van der Waals surface area contributed by atoms with Crippen molar-refractivity contribution in [2.24, 2.45) is 0 Å².